The molecular weight excluding hydrogens is 422 g/mol. The zero-order valence-electron chi connectivity index (χ0n) is 17.8. The number of aromatic nitrogens is 1. The number of nitrogens with one attached hydrogen (secondary N) is 2. The molecule has 0 aliphatic carbocycles. The van der Waals surface area contributed by atoms with Crippen molar-refractivity contribution in [2.75, 3.05) is 17.2 Å². The maximum atomic E-state index is 12.8. The highest BCUT2D eigenvalue weighted by atomic mass is 16.5. The molecule has 0 saturated heterocycles. The number of anilines is 2. The molecule has 3 aromatic carbocycles. The minimum absolute atomic E-state index is 0.102. The Morgan fingerprint density at radius 1 is 0.788 bits per heavy atom. The number of carbonyl (C=O) groups is 3. The van der Waals surface area contributed by atoms with Crippen molar-refractivity contribution >= 4 is 51.0 Å². The highest BCUT2D eigenvalue weighted by Gasteiger charge is 2.14. The number of pyridine rings is 1. The van der Waals surface area contributed by atoms with Gasteiger partial charge in [-0.3, -0.25) is 19.2 Å². The lowest BCUT2D eigenvalue weighted by Gasteiger charge is -2.14. The van der Waals surface area contributed by atoms with Crippen molar-refractivity contribution in [1.82, 2.24) is 4.57 Å². The van der Waals surface area contributed by atoms with E-state index < -0.39 is 18.5 Å². The molecular formula is C25H21N3O5. The van der Waals surface area contributed by atoms with Gasteiger partial charge in [0.15, 0.2) is 12.0 Å². The first-order valence-corrected chi connectivity index (χ1v) is 10.3. The first kappa shape index (κ1) is 21.8. The number of fused-ring (bicyclic) bond motifs is 2. The van der Waals surface area contributed by atoms with Crippen LogP contribution < -0.4 is 16.1 Å². The van der Waals surface area contributed by atoms with Crippen LogP contribution in [0.25, 0.3) is 21.8 Å². The van der Waals surface area contributed by atoms with Crippen molar-refractivity contribution in [1.29, 1.82) is 0 Å². The van der Waals surface area contributed by atoms with Crippen molar-refractivity contribution in [3.05, 3.63) is 83.0 Å². The fourth-order valence-electron chi connectivity index (χ4n) is 3.61. The molecule has 0 atom stereocenters. The van der Waals surface area contributed by atoms with Gasteiger partial charge in [0.25, 0.3) is 5.91 Å². The number of carbonyl (C=O) groups excluding carboxylic acids is 3. The average Bonchev–Trinajstić information content (AvgIpc) is 2.81. The zero-order chi connectivity index (χ0) is 23.4. The standard InChI is InChI=1S/C25H21N3O5/c1-16(29)26-17-10-12-18(13-11-17)27-23(30)15-33-24(31)14-28-21-8-4-2-6-19(21)25(32)20-7-3-5-9-22(20)28/h2-13H,14-15H2,1H3,(H,26,29)(H,27,30). The van der Waals surface area contributed by atoms with Gasteiger partial charge >= 0.3 is 5.97 Å². The Labute approximate surface area is 188 Å². The van der Waals surface area contributed by atoms with E-state index in [4.69, 9.17) is 4.74 Å². The molecule has 4 rings (SSSR count). The van der Waals surface area contributed by atoms with Crippen LogP contribution in [0.3, 0.4) is 0 Å². The summed E-state index contributed by atoms with van der Waals surface area (Å²) in [5.41, 5.74) is 2.23. The van der Waals surface area contributed by atoms with E-state index in [2.05, 4.69) is 10.6 Å². The Morgan fingerprint density at radius 2 is 1.30 bits per heavy atom. The number of ether oxygens (including phenoxy) is 1. The topological polar surface area (TPSA) is 106 Å². The molecule has 33 heavy (non-hydrogen) atoms. The molecule has 0 unspecified atom stereocenters. The van der Waals surface area contributed by atoms with Crippen molar-refractivity contribution < 1.29 is 19.1 Å². The molecule has 1 aromatic heterocycles. The molecule has 166 valence electrons. The average molecular weight is 443 g/mol. The van der Waals surface area contributed by atoms with E-state index in [0.717, 1.165) is 0 Å². The summed E-state index contributed by atoms with van der Waals surface area (Å²) in [6.07, 6.45) is 0. The number of amides is 2. The molecule has 0 aliphatic rings. The van der Waals surface area contributed by atoms with Crippen LogP contribution in [0.1, 0.15) is 6.92 Å². The highest BCUT2D eigenvalue weighted by Crippen LogP contribution is 2.19. The number of esters is 1. The Bertz CT molecular complexity index is 1360. The number of nitrogens with zero attached hydrogens (tertiary/aromatic N) is 1. The van der Waals surface area contributed by atoms with Crippen molar-refractivity contribution in [2.24, 2.45) is 0 Å². The lowest BCUT2D eigenvalue weighted by molar-refractivity contribution is -0.147. The molecule has 8 nitrogen and oxygen atoms in total. The summed E-state index contributed by atoms with van der Waals surface area (Å²) in [6, 6.07) is 20.7. The second-order valence-electron chi connectivity index (χ2n) is 7.42. The van der Waals surface area contributed by atoms with Crippen LogP contribution in [0.2, 0.25) is 0 Å². The van der Waals surface area contributed by atoms with Gasteiger partial charge in [-0.15, -0.1) is 0 Å². The van der Waals surface area contributed by atoms with Crippen molar-refractivity contribution in [2.45, 2.75) is 13.5 Å². The van der Waals surface area contributed by atoms with Crippen LogP contribution in [0.5, 0.6) is 0 Å². The van der Waals surface area contributed by atoms with Crippen LogP contribution in [0.15, 0.2) is 77.6 Å². The third-order valence-electron chi connectivity index (χ3n) is 5.02. The Hall–Kier alpha value is -4.46. The smallest absolute Gasteiger partial charge is 0.326 e. The lowest BCUT2D eigenvalue weighted by Crippen LogP contribution is -2.24. The van der Waals surface area contributed by atoms with E-state index >= 15 is 0 Å². The molecule has 0 bridgehead atoms. The molecule has 2 amide bonds. The monoisotopic (exact) mass is 443 g/mol. The first-order valence-electron chi connectivity index (χ1n) is 10.3. The summed E-state index contributed by atoms with van der Waals surface area (Å²) in [6.45, 7) is 0.797. The van der Waals surface area contributed by atoms with E-state index in [0.29, 0.717) is 33.2 Å². The van der Waals surface area contributed by atoms with Crippen LogP contribution in [0, 0.1) is 0 Å². The Morgan fingerprint density at radius 3 is 1.85 bits per heavy atom. The predicted molar refractivity (Wildman–Crippen MR) is 126 cm³/mol. The number of benzene rings is 3. The molecule has 8 heteroatoms. The minimum Gasteiger partial charge on any atom is -0.454 e. The normalized spacial score (nSPS) is 10.7. The lowest BCUT2D eigenvalue weighted by atomic mass is 10.1. The molecule has 0 fully saturated rings. The second kappa shape index (κ2) is 9.35. The summed E-state index contributed by atoms with van der Waals surface area (Å²) >= 11 is 0. The predicted octanol–water partition coefficient (Wildman–Crippen LogP) is 3.30. The third-order valence-corrected chi connectivity index (χ3v) is 5.02. The fourth-order valence-corrected chi connectivity index (χ4v) is 3.61. The number of para-hydroxylation sites is 2. The molecule has 1 heterocycles. The maximum Gasteiger partial charge on any atom is 0.326 e. The van der Waals surface area contributed by atoms with Crippen LogP contribution in [0.4, 0.5) is 11.4 Å². The van der Waals surface area contributed by atoms with E-state index in [1.807, 2.05) is 0 Å². The zero-order valence-corrected chi connectivity index (χ0v) is 17.8. The molecule has 0 saturated carbocycles. The largest absolute Gasteiger partial charge is 0.454 e. The van der Waals surface area contributed by atoms with E-state index in [-0.39, 0.29) is 17.9 Å². The summed E-state index contributed by atoms with van der Waals surface area (Å²) in [7, 11) is 0. The van der Waals surface area contributed by atoms with Crippen LogP contribution in [-0.4, -0.2) is 29.0 Å². The maximum absolute atomic E-state index is 12.8. The molecule has 2 N–H and O–H groups in total. The Kier molecular flexibility index (Phi) is 6.17. The van der Waals surface area contributed by atoms with Crippen LogP contribution >= 0.6 is 0 Å². The van der Waals surface area contributed by atoms with Gasteiger partial charge in [-0.2, -0.15) is 0 Å². The van der Waals surface area contributed by atoms with Gasteiger partial charge in [0, 0.05) is 29.1 Å². The van der Waals surface area contributed by atoms with Gasteiger partial charge < -0.3 is 19.9 Å². The summed E-state index contributed by atoms with van der Waals surface area (Å²) in [4.78, 5) is 48.6. The van der Waals surface area contributed by atoms with Crippen molar-refractivity contribution in [3.63, 3.8) is 0 Å². The van der Waals surface area contributed by atoms with E-state index in [9.17, 15) is 19.2 Å². The van der Waals surface area contributed by atoms with Gasteiger partial charge in [-0.05, 0) is 48.5 Å². The molecule has 0 aliphatic heterocycles. The van der Waals surface area contributed by atoms with Gasteiger partial charge in [-0.1, -0.05) is 24.3 Å². The summed E-state index contributed by atoms with van der Waals surface area (Å²) < 4.78 is 6.89. The number of rotatable bonds is 6. The van der Waals surface area contributed by atoms with Crippen molar-refractivity contribution in [3.8, 4) is 0 Å². The van der Waals surface area contributed by atoms with Gasteiger partial charge in [0.2, 0.25) is 5.91 Å². The minimum atomic E-state index is -0.606. The van der Waals surface area contributed by atoms with Gasteiger partial charge in [0.1, 0.15) is 6.54 Å². The third kappa shape index (κ3) is 4.90. The highest BCUT2D eigenvalue weighted by molar-refractivity contribution is 5.96. The Balaban J connectivity index is 1.45. The second-order valence-corrected chi connectivity index (χ2v) is 7.42. The van der Waals surface area contributed by atoms with Gasteiger partial charge in [0.05, 0.1) is 11.0 Å². The van der Waals surface area contributed by atoms with E-state index in [1.54, 1.807) is 77.4 Å². The van der Waals surface area contributed by atoms with Crippen LogP contribution in [-0.2, 0) is 25.7 Å². The molecule has 0 radical (unpaired) electrons. The fraction of sp³-hybridized carbons (Fsp3) is 0.120. The SMILES string of the molecule is CC(=O)Nc1ccc(NC(=O)COC(=O)Cn2c3ccccc3c(=O)c3ccccc32)cc1. The quantitative estimate of drug-likeness (QED) is 0.351. The van der Waals surface area contributed by atoms with Gasteiger partial charge in [-0.25, -0.2) is 0 Å². The number of hydrogen-bond donors (Lipinski definition) is 2. The number of hydrogen-bond acceptors (Lipinski definition) is 5. The van der Waals surface area contributed by atoms with E-state index in [1.165, 1.54) is 6.92 Å². The summed E-state index contributed by atoms with van der Waals surface area (Å²) in [5.74, 6) is -1.29. The molecule has 0 spiro atoms. The molecule has 4 aromatic rings. The summed E-state index contributed by atoms with van der Waals surface area (Å²) in [5, 5.41) is 6.27. The first-order chi connectivity index (χ1) is 15.9.